The number of nitrogens with two attached hydrogens (primary N) is 1. The second-order valence-electron chi connectivity index (χ2n) is 8.86. The molecular weight excluding hydrogens is 422 g/mol. The molecule has 0 aliphatic rings. The van der Waals surface area contributed by atoms with Crippen molar-refractivity contribution in [1.82, 2.24) is 19.8 Å². The van der Waals surface area contributed by atoms with Gasteiger partial charge in [-0.3, -0.25) is 4.79 Å². The summed E-state index contributed by atoms with van der Waals surface area (Å²) in [7, 11) is 1.79. The topological polar surface area (TPSA) is 86.3 Å². The third-order valence-electron chi connectivity index (χ3n) is 5.11. The number of aryl methyl sites for hydroxylation is 1. The highest BCUT2D eigenvalue weighted by Crippen LogP contribution is 2.24. The maximum atomic E-state index is 12.5. The zero-order valence-corrected chi connectivity index (χ0v) is 20.1. The molecule has 7 nitrogen and oxygen atoms in total. The van der Waals surface area contributed by atoms with Crippen molar-refractivity contribution in [2.45, 2.75) is 51.4 Å². The summed E-state index contributed by atoms with van der Waals surface area (Å²) in [4.78, 5) is 14.2. The van der Waals surface area contributed by atoms with Crippen LogP contribution in [0.15, 0.2) is 53.7 Å². The Kier molecular flexibility index (Phi) is 7.45. The van der Waals surface area contributed by atoms with Crippen molar-refractivity contribution in [3.05, 3.63) is 71.0 Å². The second-order valence-corrected chi connectivity index (χ2v) is 9.80. The standard InChI is InChI=1S/C24H31N5O2S/c1-17-6-8-18(9-7-17)14-28(5)22(30)16-32-23-27-26-21(29(23)25)15-31-20-12-10-19(11-13-20)24(2,3)4/h6-13H,14-16,25H2,1-5H3. The smallest absolute Gasteiger partial charge is 0.233 e. The highest BCUT2D eigenvalue weighted by Gasteiger charge is 2.16. The van der Waals surface area contributed by atoms with E-state index in [1.54, 1.807) is 11.9 Å². The van der Waals surface area contributed by atoms with Crippen LogP contribution in [0, 0.1) is 6.92 Å². The fourth-order valence-electron chi connectivity index (χ4n) is 3.00. The van der Waals surface area contributed by atoms with Crippen LogP contribution in [0.1, 0.15) is 43.3 Å². The van der Waals surface area contributed by atoms with Crippen LogP contribution in [0.4, 0.5) is 0 Å². The Balaban J connectivity index is 1.50. The largest absolute Gasteiger partial charge is 0.486 e. The van der Waals surface area contributed by atoms with Crippen LogP contribution in [-0.2, 0) is 23.4 Å². The first-order valence-corrected chi connectivity index (χ1v) is 11.5. The number of hydrogen-bond donors (Lipinski definition) is 1. The maximum Gasteiger partial charge on any atom is 0.233 e. The summed E-state index contributed by atoms with van der Waals surface area (Å²) in [6.45, 7) is 9.31. The van der Waals surface area contributed by atoms with Gasteiger partial charge in [0.25, 0.3) is 0 Å². The summed E-state index contributed by atoms with van der Waals surface area (Å²) in [5.41, 5.74) is 3.62. The molecule has 32 heavy (non-hydrogen) atoms. The van der Waals surface area contributed by atoms with E-state index in [0.717, 1.165) is 11.3 Å². The number of benzene rings is 2. The Bertz CT molecular complexity index is 1040. The lowest BCUT2D eigenvalue weighted by Crippen LogP contribution is -2.28. The van der Waals surface area contributed by atoms with Crippen molar-refractivity contribution in [3.63, 3.8) is 0 Å². The molecule has 1 amide bonds. The van der Waals surface area contributed by atoms with Crippen LogP contribution in [0.3, 0.4) is 0 Å². The van der Waals surface area contributed by atoms with Crippen LogP contribution < -0.4 is 10.6 Å². The molecule has 0 saturated heterocycles. The van der Waals surface area contributed by atoms with Crippen molar-refractivity contribution in [2.75, 3.05) is 18.6 Å². The summed E-state index contributed by atoms with van der Waals surface area (Å²) in [5.74, 6) is 7.57. The van der Waals surface area contributed by atoms with Crippen molar-refractivity contribution >= 4 is 17.7 Å². The van der Waals surface area contributed by atoms with Crippen molar-refractivity contribution in [3.8, 4) is 5.75 Å². The minimum Gasteiger partial charge on any atom is -0.486 e. The predicted molar refractivity (Wildman–Crippen MR) is 128 cm³/mol. The highest BCUT2D eigenvalue weighted by atomic mass is 32.2. The van der Waals surface area contributed by atoms with Crippen molar-refractivity contribution in [2.24, 2.45) is 0 Å². The molecule has 8 heteroatoms. The van der Waals surface area contributed by atoms with Crippen LogP contribution >= 0.6 is 11.8 Å². The molecule has 0 fully saturated rings. The zero-order valence-electron chi connectivity index (χ0n) is 19.3. The van der Waals surface area contributed by atoms with Crippen LogP contribution in [0.25, 0.3) is 0 Å². The van der Waals surface area contributed by atoms with E-state index < -0.39 is 0 Å². The van der Waals surface area contributed by atoms with E-state index in [9.17, 15) is 4.79 Å². The predicted octanol–water partition coefficient (Wildman–Crippen LogP) is 3.93. The molecule has 0 unspecified atom stereocenters. The van der Waals surface area contributed by atoms with Gasteiger partial charge in [0.1, 0.15) is 12.4 Å². The van der Waals surface area contributed by atoms with Gasteiger partial charge in [0, 0.05) is 13.6 Å². The number of nitrogen functional groups attached to an aromatic ring is 1. The Labute approximate surface area is 193 Å². The molecule has 3 aromatic rings. The van der Waals surface area contributed by atoms with Gasteiger partial charge in [0.15, 0.2) is 5.82 Å². The number of rotatable bonds is 8. The first-order chi connectivity index (χ1) is 15.1. The first kappa shape index (κ1) is 23.7. The van der Waals surface area contributed by atoms with Crippen LogP contribution in [-0.4, -0.2) is 38.5 Å². The lowest BCUT2D eigenvalue weighted by molar-refractivity contribution is -0.127. The molecule has 3 rings (SSSR count). The lowest BCUT2D eigenvalue weighted by atomic mass is 9.87. The summed E-state index contributed by atoms with van der Waals surface area (Å²) < 4.78 is 7.18. The third-order valence-corrected chi connectivity index (χ3v) is 6.04. The molecule has 0 atom stereocenters. The molecule has 0 bridgehead atoms. The van der Waals surface area contributed by atoms with Gasteiger partial charge in [-0.2, -0.15) is 0 Å². The number of carbonyl (C=O) groups excluding carboxylic acids is 1. The van der Waals surface area contributed by atoms with Crippen LogP contribution in [0.2, 0.25) is 0 Å². The average molecular weight is 454 g/mol. The van der Waals surface area contributed by atoms with Gasteiger partial charge < -0.3 is 15.5 Å². The molecule has 0 aliphatic heterocycles. The molecule has 0 radical (unpaired) electrons. The normalized spacial score (nSPS) is 11.4. The number of carbonyl (C=O) groups is 1. The van der Waals surface area contributed by atoms with Gasteiger partial charge in [-0.05, 0) is 35.6 Å². The van der Waals surface area contributed by atoms with E-state index in [-0.39, 0.29) is 23.7 Å². The molecule has 0 aliphatic carbocycles. The van der Waals surface area contributed by atoms with Gasteiger partial charge in [-0.25, -0.2) is 4.68 Å². The van der Waals surface area contributed by atoms with Gasteiger partial charge in [-0.1, -0.05) is 74.5 Å². The summed E-state index contributed by atoms with van der Waals surface area (Å²) >= 11 is 1.26. The van der Waals surface area contributed by atoms with E-state index in [1.807, 2.05) is 43.3 Å². The summed E-state index contributed by atoms with van der Waals surface area (Å²) in [6.07, 6.45) is 0. The number of nitrogens with zero attached hydrogens (tertiary/aromatic N) is 4. The van der Waals surface area contributed by atoms with Crippen molar-refractivity contribution < 1.29 is 9.53 Å². The quantitative estimate of drug-likeness (QED) is 0.411. The van der Waals surface area contributed by atoms with E-state index in [2.05, 4.69) is 43.1 Å². The van der Waals surface area contributed by atoms with E-state index in [4.69, 9.17) is 10.6 Å². The number of amides is 1. The Hall–Kier alpha value is -3.00. The third kappa shape index (κ3) is 6.26. The summed E-state index contributed by atoms with van der Waals surface area (Å²) in [5, 5.41) is 8.68. The number of hydrogen-bond acceptors (Lipinski definition) is 6. The van der Waals surface area contributed by atoms with Crippen LogP contribution in [0.5, 0.6) is 5.75 Å². The van der Waals surface area contributed by atoms with Gasteiger partial charge in [-0.15, -0.1) is 10.2 Å². The Morgan fingerprint density at radius 1 is 1.09 bits per heavy atom. The number of ether oxygens (including phenoxy) is 1. The number of aromatic nitrogens is 3. The van der Waals surface area contributed by atoms with E-state index in [0.29, 0.717) is 17.5 Å². The van der Waals surface area contributed by atoms with Gasteiger partial charge in [0.05, 0.1) is 5.75 Å². The maximum absolute atomic E-state index is 12.5. The van der Waals surface area contributed by atoms with E-state index in [1.165, 1.54) is 27.6 Å². The minimum absolute atomic E-state index is 0.00434. The van der Waals surface area contributed by atoms with Gasteiger partial charge in [0.2, 0.25) is 11.1 Å². The Morgan fingerprint density at radius 2 is 1.75 bits per heavy atom. The van der Waals surface area contributed by atoms with Gasteiger partial charge >= 0.3 is 0 Å². The molecule has 0 spiro atoms. The fraction of sp³-hybridized carbons (Fsp3) is 0.375. The highest BCUT2D eigenvalue weighted by molar-refractivity contribution is 7.99. The minimum atomic E-state index is -0.00434. The Morgan fingerprint density at radius 3 is 2.38 bits per heavy atom. The SMILES string of the molecule is Cc1ccc(CN(C)C(=O)CSc2nnc(COc3ccc(C(C)(C)C)cc3)n2N)cc1. The van der Waals surface area contributed by atoms with Crippen molar-refractivity contribution in [1.29, 1.82) is 0 Å². The monoisotopic (exact) mass is 453 g/mol. The average Bonchev–Trinajstić information content (AvgIpc) is 3.11. The zero-order chi connectivity index (χ0) is 23.3. The summed E-state index contributed by atoms with van der Waals surface area (Å²) in [6, 6.07) is 16.2. The molecule has 2 N–H and O–H groups in total. The molecule has 2 aromatic carbocycles. The molecular formula is C24H31N5O2S. The number of thioether (sulfide) groups is 1. The van der Waals surface area contributed by atoms with E-state index >= 15 is 0 Å². The molecule has 1 heterocycles. The fourth-order valence-corrected chi connectivity index (χ4v) is 3.81. The second kappa shape index (κ2) is 10.1. The lowest BCUT2D eigenvalue weighted by Gasteiger charge is -2.19. The molecule has 1 aromatic heterocycles. The first-order valence-electron chi connectivity index (χ1n) is 10.5. The molecule has 170 valence electrons. The molecule has 0 saturated carbocycles.